The van der Waals surface area contributed by atoms with Gasteiger partial charge in [0, 0.05) is 17.8 Å². The average molecular weight is 276 g/mol. The molecule has 1 aliphatic rings. The van der Waals surface area contributed by atoms with Crippen molar-refractivity contribution in [3.05, 3.63) is 29.8 Å². The van der Waals surface area contributed by atoms with Crippen LogP contribution in [0.15, 0.2) is 24.3 Å². The van der Waals surface area contributed by atoms with Gasteiger partial charge in [0.05, 0.1) is 6.54 Å². The van der Waals surface area contributed by atoms with Crippen molar-refractivity contribution in [3.8, 4) is 0 Å². The summed E-state index contributed by atoms with van der Waals surface area (Å²) < 4.78 is 0. The van der Waals surface area contributed by atoms with Gasteiger partial charge in [-0.3, -0.25) is 4.79 Å². The van der Waals surface area contributed by atoms with E-state index in [4.69, 9.17) is 5.73 Å². The Labute approximate surface area is 118 Å². The van der Waals surface area contributed by atoms with Crippen molar-refractivity contribution in [3.63, 3.8) is 0 Å². The van der Waals surface area contributed by atoms with Crippen LogP contribution in [0.3, 0.4) is 0 Å². The zero-order valence-corrected chi connectivity index (χ0v) is 11.5. The van der Waals surface area contributed by atoms with Crippen LogP contribution >= 0.6 is 0 Å². The van der Waals surface area contributed by atoms with Crippen LogP contribution in [0.2, 0.25) is 0 Å². The van der Waals surface area contributed by atoms with Crippen molar-refractivity contribution in [2.45, 2.75) is 31.8 Å². The van der Waals surface area contributed by atoms with Gasteiger partial charge in [-0.2, -0.15) is 0 Å². The van der Waals surface area contributed by atoms with Crippen LogP contribution in [-0.2, 0) is 4.79 Å². The molecule has 6 heteroatoms. The SMILES string of the molecule is CC(NCC(=O)NC1CC1)c1ccc(NC(N)=O)cc1. The molecule has 1 aromatic carbocycles. The Bertz CT molecular complexity index is 482. The number of primary amides is 1. The number of carbonyl (C=O) groups is 2. The summed E-state index contributed by atoms with van der Waals surface area (Å²) in [5, 5.41) is 8.60. The molecule has 0 radical (unpaired) electrons. The standard InChI is InChI=1S/C14H20N4O2/c1-9(16-8-13(19)17-11-6-7-11)10-2-4-12(5-3-10)18-14(15)20/h2-5,9,11,16H,6-8H2,1H3,(H,17,19)(H3,15,18,20). The fourth-order valence-electron chi connectivity index (χ4n) is 1.87. The van der Waals surface area contributed by atoms with E-state index in [1.54, 1.807) is 12.1 Å². The molecule has 1 saturated carbocycles. The molecule has 6 nitrogen and oxygen atoms in total. The topological polar surface area (TPSA) is 96.2 Å². The van der Waals surface area contributed by atoms with Gasteiger partial charge in [-0.05, 0) is 37.5 Å². The molecule has 5 N–H and O–H groups in total. The van der Waals surface area contributed by atoms with Crippen LogP contribution < -0.4 is 21.7 Å². The average Bonchev–Trinajstić information content (AvgIpc) is 3.20. The van der Waals surface area contributed by atoms with Gasteiger partial charge in [-0.15, -0.1) is 0 Å². The van der Waals surface area contributed by atoms with Gasteiger partial charge >= 0.3 is 6.03 Å². The van der Waals surface area contributed by atoms with Gasteiger partial charge in [-0.25, -0.2) is 4.79 Å². The molecule has 3 amide bonds. The lowest BCUT2D eigenvalue weighted by atomic mass is 10.1. The normalized spacial score (nSPS) is 15.4. The molecule has 2 rings (SSSR count). The van der Waals surface area contributed by atoms with E-state index in [0.717, 1.165) is 18.4 Å². The number of carbonyl (C=O) groups excluding carboxylic acids is 2. The second-order valence-corrected chi connectivity index (χ2v) is 5.06. The molecule has 0 bridgehead atoms. The number of nitrogens with one attached hydrogen (secondary N) is 3. The number of urea groups is 1. The molecule has 0 heterocycles. The Morgan fingerprint density at radius 3 is 2.50 bits per heavy atom. The molecule has 1 aromatic rings. The predicted octanol–water partition coefficient (Wildman–Crippen LogP) is 1.11. The molecule has 0 aromatic heterocycles. The molecule has 1 unspecified atom stereocenters. The van der Waals surface area contributed by atoms with Crippen LogP contribution in [0.5, 0.6) is 0 Å². The third-order valence-corrected chi connectivity index (χ3v) is 3.19. The lowest BCUT2D eigenvalue weighted by Crippen LogP contribution is -2.36. The van der Waals surface area contributed by atoms with Crippen LogP contribution in [-0.4, -0.2) is 24.5 Å². The molecule has 20 heavy (non-hydrogen) atoms. The first-order chi connectivity index (χ1) is 9.54. The summed E-state index contributed by atoms with van der Waals surface area (Å²) in [4.78, 5) is 22.3. The lowest BCUT2D eigenvalue weighted by molar-refractivity contribution is -0.120. The van der Waals surface area contributed by atoms with Gasteiger partial charge in [0.2, 0.25) is 5.91 Å². The van der Waals surface area contributed by atoms with E-state index in [9.17, 15) is 9.59 Å². The highest BCUT2D eigenvalue weighted by molar-refractivity contribution is 5.87. The molecule has 1 aliphatic carbocycles. The Kier molecular flexibility index (Phi) is 4.57. The number of hydrogen-bond donors (Lipinski definition) is 4. The molecular weight excluding hydrogens is 256 g/mol. The van der Waals surface area contributed by atoms with E-state index in [2.05, 4.69) is 16.0 Å². The molecular formula is C14H20N4O2. The van der Waals surface area contributed by atoms with Crippen molar-refractivity contribution in [1.82, 2.24) is 10.6 Å². The lowest BCUT2D eigenvalue weighted by Gasteiger charge is -2.14. The van der Waals surface area contributed by atoms with Gasteiger partial charge in [0.15, 0.2) is 0 Å². The number of anilines is 1. The predicted molar refractivity (Wildman–Crippen MR) is 77.2 cm³/mol. The van der Waals surface area contributed by atoms with Crippen molar-refractivity contribution >= 4 is 17.6 Å². The Morgan fingerprint density at radius 2 is 1.95 bits per heavy atom. The highest BCUT2D eigenvalue weighted by Crippen LogP contribution is 2.18. The van der Waals surface area contributed by atoms with E-state index in [1.807, 2.05) is 19.1 Å². The summed E-state index contributed by atoms with van der Waals surface area (Å²) >= 11 is 0. The van der Waals surface area contributed by atoms with Crippen LogP contribution in [0.1, 0.15) is 31.4 Å². The first-order valence-corrected chi connectivity index (χ1v) is 6.74. The van der Waals surface area contributed by atoms with Crippen LogP contribution in [0, 0.1) is 0 Å². The summed E-state index contributed by atoms with van der Waals surface area (Å²) in [5.74, 6) is 0.0337. The Morgan fingerprint density at radius 1 is 1.30 bits per heavy atom. The van der Waals surface area contributed by atoms with Gasteiger partial charge in [-0.1, -0.05) is 12.1 Å². The highest BCUT2D eigenvalue weighted by atomic mass is 16.2. The van der Waals surface area contributed by atoms with Crippen molar-refractivity contribution in [2.75, 3.05) is 11.9 Å². The molecule has 1 fully saturated rings. The number of benzene rings is 1. The maximum Gasteiger partial charge on any atom is 0.316 e. The van der Waals surface area contributed by atoms with Gasteiger partial charge in [0.25, 0.3) is 0 Å². The summed E-state index contributed by atoms with van der Waals surface area (Å²) in [6.07, 6.45) is 2.19. The molecule has 108 valence electrons. The molecule has 1 atom stereocenters. The quantitative estimate of drug-likeness (QED) is 0.626. The highest BCUT2D eigenvalue weighted by Gasteiger charge is 2.23. The zero-order valence-electron chi connectivity index (χ0n) is 11.5. The number of amides is 3. The zero-order chi connectivity index (χ0) is 14.5. The summed E-state index contributed by atoms with van der Waals surface area (Å²) in [5.41, 5.74) is 6.73. The second kappa shape index (κ2) is 6.38. The fourth-order valence-corrected chi connectivity index (χ4v) is 1.87. The van der Waals surface area contributed by atoms with Crippen LogP contribution in [0.25, 0.3) is 0 Å². The van der Waals surface area contributed by atoms with Gasteiger partial charge in [0.1, 0.15) is 0 Å². The first-order valence-electron chi connectivity index (χ1n) is 6.74. The van der Waals surface area contributed by atoms with Crippen LogP contribution in [0.4, 0.5) is 10.5 Å². The molecule has 0 saturated heterocycles. The number of hydrogen-bond acceptors (Lipinski definition) is 3. The third-order valence-electron chi connectivity index (χ3n) is 3.19. The van der Waals surface area contributed by atoms with Crippen molar-refractivity contribution in [1.29, 1.82) is 0 Å². The summed E-state index contributed by atoms with van der Waals surface area (Å²) in [6, 6.07) is 7.20. The minimum Gasteiger partial charge on any atom is -0.352 e. The summed E-state index contributed by atoms with van der Waals surface area (Å²) in [7, 11) is 0. The van der Waals surface area contributed by atoms with Crippen molar-refractivity contribution in [2.24, 2.45) is 5.73 Å². The number of rotatable bonds is 6. The molecule has 0 spiro atoms. The van der Waals surface area contributed by atoms with E-state index in [0.29, 0.717) is 18.3 Å². The van der Waals surface area contributed by atoms with E-state index < -0.39 is 6.03 Å². The maximum absolute atomic E-state index is 11.6. The number of nitrogens with two attached hydrogens (primary N) is 1. The van der Waals surface area contributed by atoms with Gasteiger partial charge < -0.3 is 21.7 Å². The molecule has 0 aliphatic heterocycles. The summed E-state index contributed by atoms with van der Waals surface area (Å²) in [6.45, 7) is 2.29. The minimum absolute atomic E-state index is 0.0337. The van der Waals surface area contributed by atoms with E-state index in [1.165, 1.54) is 0 Å². The third kappa shape index (κ3) is 4.55. The largest absolute Gasteiger partial charge is 0.352 e. The maximum atomic E-state index is 11.6. The Balaban J connectivity index is 1.80. The monoisotopic (exact) mass is 276 g/mol. The van der Waals surface area contributed by atoms with E-state index in [-0.39, 0.29) is 11.9 Å². The fraction of sp³-hybridized carbons (Fsp3) is 0.429. The smallest absolute Gasteiger partial charge is 0.316 e. The first kappa shape index (κ1) is 14.3. The van der Waals surface area contributed by atoms with E-state index >= 15 is 0 Å². The second-order valence-electron chi connectivity index (χ2n) is 5.06. The van der Waals surface area contributed by atoms with Crippen molar-refractivity contribution < 1.29 is 9.59 Å². The Hall–Kier alpha value is -2.08. The minimum atomic E-state index is -0.583.